The van der Waals surface area contributed by atoms with Crippen molar-refractivity contribution in [1.29, 1.82) is 0 Å². The van der Waals surface area contributed by atoms with Gasteiger partial charge in [-0.05, 0) is 30.4 Å². The fraction of sp³-hybridized carbons (Fsp3) is 0.462. The number of hydrogen-bond donors (Lipinski definition) is 1. The SMILES string of the molecule is CONc1nc2cccc(C3CCOCC3)c2s1. The lowest BCUT2D eigenvalue weighted by molar-refractivity contribution is 0.0856. The molecule has 0 aliphatic carbocycles. The third-order valence-corrected chi connectivity index (χ3v) is 4.31. The van der Waals surface area contributed by atoms with E-state index >= 15 is 0 Å². The molecule has 1 aromatic heterocycles. The zero-order valence-electron chi connectivity index (χ0n) is 10.3. The molecule has 1 saturated heterocycles. The van der Waals surface area contributed by atoms with Crippen LogP contribution < -0.4 is 5.48 Å². The van der Waals surface area contributed by atoms with Crippen LogP contribution in [0.15, 0.2) is 18.2 Å². The summed E-state index contributed by atoms with van der Waals surface area (Å²) in [6, 6.07) is 6.35. The average Bonchev–Trinajstić information content (AvgIpc) is 2.82. The van der Waals surface area contributed by atoms with E-state index in [9.17, 15) is 0 Å². The fourth-order valence-corrected chi connectivity index (χ4v) is 3.46. The molecule has 0 spiro atoms. The monoisotopic (exact) mass is 264 g/mol. The molecule has 1 aliphatic heterocycles. The first-order valence-corrected chi connectivity index (χ1v) is 6.96. The number of hydrogen-bond acceptors (Lipinski definition) is 5. The van der Waals surface area contributed by atoms with Crippen LogP contribution in [0.2, 0.25) is 0 Å². The van der Waals surface area contributed by atoms with E-state index in [0.29, 0.717) is 5.92 Å². The molecule has 0 bridgehead atoms. The number of fused-ring (bicyclic) bond motifs is 1. The standard InChI is InChI=1S/C13H16N2O2S/c1-16-15-13-14-11-4-2-3-10(12(11)18-13)9-5-7-17-8-6-9/h2-4,9H,5-8H2,1H3,(H,14,15). The van der Waals surface area contributed by atoms with Crippen molar-refractivity contribution in [3.05, 3.63) is 23.8 Å². The lowest BCUT2D eigenvalue weighted by atomic mass is 9.91. The van der Waals surface area contributed by atoms with Crippen LogP contribution >= 0.6 is 11.3 Å². The highest BCUT2D eigenvalue weighted by Gasteiger charge is 2.19. The molecule has 1 aromatic carbocycles. The van der Waals surface area contributed by atoms with Gasteiger partial charge in [0.1, 0.15) is 0 Å². The lowest BCUT2D eigenvalue weighted by Crippen LogP contribution is -2.14. The number of ether oxygens (including phenoxy) is 1. The molecule has 0 amide bonds. The van der Waals surface area contributed by atoms with Crippen molar-refractivity contribution in [3.63, 3.8) is 0 Å². The molecule has 0 radical (unpaired) electrons. The summed E-state index contributed by atoms with van der Waals surface area (Å²) in [6.45, 7) is 1.73. The van der Waals surface area contributed by atoms with Crippen molar-refractivity contribution in [1.82, 2.24) is 4.98 Å². The van der Waals surface area contributed by atoms with Gasteiger partial charge in [0.05, 0.1) is 17.3 Å². The largest absolute Gasteiger partial charge is 0.381 e. The maximum absolute atomic E-state index is 5.43. The summed E-state index contributed by atoms with van der Waals surface area (Å²) in [5, 5.41) is 0.812. The molecule has 3 rings (SSSR count). The maximum atomic E-state index is 5.43. The molecular formula is C13H16N2O2S. The van der Waals surface area contributed by atoms with E-state index in [1.807, 2.05) is 0 Å². The molecule has 1 aliphatic rings. The lowest BCUT2D eigenvalue weighted by Gasteiger charge is -2.22. The van der Waals surface area contributed by atoms with Gasteiger partial charge in [-0.3, -0.25) is 4.84 Å². The number of anilines is 1. The van der Waals surface area contributed by atoms with Gasteiger partial charge in [0.25, 0.3) is 0 Å². The summed E-state index contributed by atoms with van der Waals surface area (Å²) < 4.78 is 6.70. The van der Waals surface area contributed by atoms with E-state index in [-0.39, 0.29) is 0 Å². The van der Waals surface area contributed by atoms with Crippen molar-refractivity contribution in [2.45, 2.75) is 18.8 Å². The summed E-state index contributed by atoms with van der Waals surface area (Å²) in [4.78, 5) is 9.43. The zero-order chi connectivity index (χ0) is 12.4. The molecule has 0 saturated carbocycles. The second-order valence-electron chi connectivity index (χ2n) is 4.41. The van der Waals surface area contributed by atoms with E-state index < -0.39 is 0 Å². The fourth-order valence-electron chi connectivity index (χ4n) is 2.43. The number of benzene rings is 1. The second-order valence-corrected chi connectivity index (χ2v) is 5.41. The molecule has 18 heavy (non-hydrogen) atoms. The normalized spacial score (nSPS) is 17.2. The first-order chi connectivity index (χ1) is 8.88. The highest BCUT2D eigenvalue weighted by molar-refractivity contribution is 7.22. The van der Waals surface area contributed by atoms with Crippen molar-refractivity contribution >= 4 is 26.7 Å². The molecule has 1 N–H and O–H groups in total. The van der Waals surface area contributed by atoms with E-state index in [0.717, 1.165) is 36.7 Å². The highest BCUT2D eigenvalue weighted by Crippen LogP contribution is 2.36. The Kier molecular flexibility index (Phi) is 3.45. The predicted molar refractivity (Wildman–Crippen MR) is 73.0 cm³/mol. The van der Waals surface area contributed by atoms with Crippen LogP contribution in [0.4, 0.5) is 5.13 Å². The Morgan fingerprint density at radius 3 is 3.00 bits per heavy atom. The quantitative estimate of drug-likeness (QED) is 0.865. The number of aromatic nitrogens is 1. The van der Waals surface area contributed by atoms with Crippen molar-refractivity contribution < 1.29 is 9.57 Å². The Bertz CT molecular complexity index is 535. The van der Waals surface area contributed by atoms with Gasteiger partial charge < -0.3 is 4.74 Å². The summed E-state index contributed by atoms with van der Waals surface area (Å²) in [5.74, 6) is 0.596. The molecule has 5 heteroatoms. The number of thiazole rings is 1. The molecule has 2 heterocycles. The van der Waals surface area contributed by atoms with Gasteiger partial charge in [0, 0.05) is 13.2 Å². The number of nitrogens with zero attached hydrogens (tertiary/aromatic N) is 1. The van der Waals surface area contributed by atoms with Gasteiger partial charge in [0.2, 0.25) is 5.13 Å². The van der Waals surface area contributed by atoms with E-state index in [4.69, 9.17) is 9.57 Å². The first-order valence-electron chi connectivity index (χ1n) is 6.14. The van der Waals surface area contributed by atoms with Crippen molar-refractivity contribution in [3.8, 4) is 0 Å². The average molecular weight is 264 g/mol. The van der Waals surface area contributed by atoms with Gasteiger partial charge in [-0.1, -0.05) is 23.5 Å². The Labute approximate surface area is 110 Å². The van der Waals surface area contributed by atoms with Crippen LogP contribution in [-0.2, 0) is 9.57 Å². The first kappa shape index (κ1) is 11.9. The smallest absolute Gasteiger partial charge is 0.208 e. The van der Waals surface area contributed by atoms with Gasteiger partial charge in [0.15, 0.2) is 0 Å². The van der Waals surface area contributed by atoms with Crippen molar-refractivity contribution in [2.75, 3.05) is 25.8 Å². The number of rotatable bonds is 3. The second kappa shape index (κ2) is 5.22. The van der Waals surface area contributed by atoms with Crippen LogP contribution in [0.25, 0.3) is 10.2 Å². The van der Waals surface area contributed by atoms with Crippen LogP contribution in [0, 0.1) is 0 Å². The Balaban J connectivity index is 1.99. The summed E-state index contributed by atoms with van der Waals surface area (Å²) in [7, 11) is 1.60. The van der Waals surface area contributed by atoms with Gasteiger partial charge in [-0.15, -0.1) is 0 Å². The Hall–Kier alpha value is -1.17. The van der Waals surface area contributed by atoms with Gasteiger partial charge in [-0.25, -0.2) is 10.5 Å². The van der Waals surface area contributed by atoms with Crippen LogP contribution in [0.3, 0.4) is 0 Å². The molecule has 2 aromatic rings. The molecule has 0 atom stereocenters. The van der Waals surface area contributed by atoms with E-state index in [1.54, 1.807) is 18.4 Å². The van der Waals surface area contributed by atoms with Gasteiger partial charge in [-0.2, -0.15) is 0 Å². The molecule has 4 nitrogen and oxygen atoms in total. The summed E-state index contributed by atoms with van der Waals surface area (Å²) >= 11 is 1.65. The van der Waals surface area contributed by atoms with Gasteiger partial charge >= 0.3 is 0 Å². The third-order valence-electron chi connectivity index (χ3n) is 3.30. The highest BCUT2D eigenvalue weighted by atomic mass is 32.1. The zero-order valence-corrected chi connectivity index (χ0v) is 11.1. The molecule has 1 fully saturated rings. The minimum absolute atomic E-state index is 0.596. The van der Waals surface area contributed by atoms with Crippen LogP contribution in [0.1, 0.15) is 24.3 Å². The summed E-state index contributed by atoms with van der Waals surface area (Å²) in [5.41, 5.74) is 5.26. The van der Waals surface area contributed by atoms with Crippen LogP contribution in [-0.4, -0.2) is 25.3 Å². The van der Waals surface area contributed by atoms with Crippen LogP contribution in [0.5, 0.6) is 0 Å². The molecular weight excluding hydrogens is 248 g/mol. The maximum Gasteiger partial charge on any atom is 0.208 e. The van der Waals surface area contributed by atoms with Crippen molar-refractivity contribution in [2.24, 2.45) is 0 Å². The predicted octanol–water partition coefficient (Wildman–Crippen LogP) is 3.16. The Morgan fingerprint density at radius 1 is 1.39 bits per heavy atom. The summed E-state index contributed by atoms with van der Waals surface area (Å²) in [6.07, 6.45) is 2.20. The number of nitrogens with one attached hydrogen (secondary N) is 1. The van der Waals surface area contributed by atoms with E-state index in [1.165, 1.54) is 10.3 Å². The van der Waals surface area contributed by atoms with E-state index in [2.05, 4.69) is 28.7 Å². The topological polar surface area (TPSA) is 43.4 Å². The minimum Gasteiger partial charge on any atom is -0.381 e. The molecule has 96 valence electrons. The molecule has 0 unspecified atom stereocenters. The third kappa shape index (κ3) is 2.21. The minimum atomic E-state index is 0.596. The Morgan fingerprint density at radius 2 is 2.22 bits per heavy atom.